The Balaban J connectivity index is 0.00000161. The fourth-order valence-electron chi connectivity index (χ4n) is 2.82. The van der Waals surface area contributed by atoms with Crippen LogP contribution in [0.5, 0.6) is 0 Å². The summed E-state index contributed by atoms with van der Waals surface area (Å²) >= 11 is 0. The van der Waals surface area contributed by atoms with Crippen molar-refractivity contribution >= 4 is 29.7 Å². The van der Waals surface area contributed by atoms with Crippen molar-refractivity contribution < 1.29 is 4.79 Å². The summed E-state index contributed by atoms with van der Waals surface area (Å²) in [6.07, 6.45) is 3.64. The number of halogens is 1. The van der Waals surface area contributed by atoms with Gasteiger partial charge in [-0.2, -0.15) is 5.10 Å². The quantitative estimate of drug-likeness (QED) is 0.822. The maximum atomic E-state index is 12.7. The zero-order valence-electron chi connectivity index (χ0n) is 12.2. The Kier molecular flexibility index (Phi) is 4.23. The second-order valence-corrected chi connectivity index (χ2v) is 5.21. The molecule has 0 bridgehead atoms. The number of aromatic nitrogens is 2. The summed E-state index contributed by atoms with van der Waals surface area (Å²) in [7, 11) is 1.83. The topological polar surface area (TPSA) is 64.2 Å². The number of nitrogens with zero attached hydrogens (tertiary/aromatic N) is 3. The van der Waals surface area contributed by atoms with Crippen LogP contribution >= 0.6 is 12.4 Å². The predicted octanol–water partition coefficient (Wildman–Crippen LogP) is 2.33. The number of nitrogen functional groups attached to an aromatic ring is 1. The van der Waals surface area contributed by atoms with E-state index in [4.69, 9.17) is 5.73 Å². The van der Waals surface area contributed by atoms with Gasteiger partial charge in [-0.1, -0.05) is 6.07 Å². The number of nitrogens with two attached hydrogens (primary N) is 1. The van der Waals surface area contributed by atoms with Gasteiger partial charge in [0.15, 0.2) is 0 Å². The summed E-state index contributed by atoms with van der Waals surface area (Å²) in [5.74, 6) is 0.00199. The molecular weight excluding hydrogens is 288 g/mol. The van der Waals surface area contributed by atoms with Gasteiger partial charge in [0.05, 0.1) is 11.3 Å². The molecule has 1 amide bonds. The number of hydrogen-bond donors (Lipinski definition) is 1. The lowest BCUT2D eigenvalue weighted by Gasteiger charge is -2.30. The van der Waals surface area contributed by atoms with Crippen LogP contribution in [-0.2, 0) is 13.5 Å². The number of rotatable bonds is 1. The Morgan fingerprint density at radius 2 is 2.14 bits per heavy atom. The zero-order chi connectivity index (χ0) is 14.3. The maximum Gasteiger partial charge on any atom is 0.261 e. The maximum absolute atomic E-state index is 12.7. The summed E-state index contributed by atoms with van der Waals surface area (Å²) in [4.78, 5) is 14.6. The van der Waals surface area contributed by atoms with Crippen LogP contribution in [0.3, 0.4) is 0 Å². The standard InChI is InChI=1S/C15H18N4O.ClH/c1-10-12(9-18(2)17-10)15(20)19-8-4-5-11-13(16)6-3-7-14(11)19;/h3,6-7,9H,4-5,8,16H2,1-2H3;1H. The molecule has 2 N–H and O–H groups in total. The van der Waals surface area contributed by atoms with Crippen LogP contribution in [0.15, 0.2) is 24.4 Å². The minimum atomic E-state index is 0. The van der Waals surface area contributed by atoms with Crippen LogP contribution in [0, 0.1) is 6.92 Å². The number of fused-ring (bicyclic) bond motifs is 1. The highest BCUT2D eigenvalue weighted by atomic mass is 35.5. The van der Waals surface area contributed by atoms with Crippen molar-refractivity contribution in [3.63, 3.8) is 0 Å². The van der Waals surface area contributed by atoms with Crippen molar-refractivity contribution in [2.24, 2.45) is 7.05 Å². The average Bonchev–Trinajstić information content (AvgIpc) is 2.77. The molecule has 1 aliphatic rings. The normalized spacial score (nSPS) is 13.5. The third kappa shape index (κ3) is 2.61. The minimum Gasteiger partial charge on any atom is -0.398 e. The largest absolute Gasteiger partial charge is 0.398 e. The van der Waals surface area contributed by atoms with Crippen molar-refractivity contribution in [3.05, 3.63) is 41.2 Å². The lowest BCUT2D eigenvalue weighted by atomic mass is 9.99. The smallest absolute Gasteiger partial charge is 0.261 e. The van der Waals surface area contributed by atoms with Gasteiger partial charge in [0, 0.05) is 31.2 Å². The molecule has 0 unspecified atom stereocenters. The van der Waals surface area contributed by atoms with Crippen LogP contribution in [-0.4, -0.2) is 22.2 Å². The van der Waals surface area contributed by atoms with Gasteiger partial charge < -0.3 is 10.6 Å². The predicted molar refractivity (Wildman–Crippen MR) is 86.0 cm³/mol. The summed E-state index contributed by atoms with van der Waals surface area (Å²) in [5.41, 5.74) is 10.2. The molecule has 0 saturated carbocycles. The van der Waals surface area contributed by atoms with Gasteiger partial charge in [-0.25, -0.2) is 0 Å². The van der Waals surface area contributed by atoms with Crippen molar-refractivity contribution in [2.45, 2.75) is 19.8 Å². The lowest BCUT2D eigenvalue weighted by molar-refractivity contribution is 0.0984. The van der Waals surface area contributed by atoms with E-state index in [2.05, 4.69) is 5.10 Å². The van der Waals surface area contributed by atoms with E-state index >= 15 is 0 Å². The first-order valence-electron chi connectivity index (χ1n) is 6.77. The molecule has 1 aliphatic heterocycles. The van der Waals surface area contributed by atoms with E-state index in [1.807, 2.05) is 37.1 Å². The highest BCUT2D eigenvalue weighted by Crippen LogP contribution is 2.32. The molecule has 6 heteroatoms. The molecule has 2 heterocycles. The van der Waals surface area contributed by atoms with Crippen LogP contribution in [0.1, 0.15) is 28.0 Å². The highest BCUT2D eigenvalue weighted by molar-refractivity contribution is 6.07. The number of hydrogen-bond acceptors (Lipinski definition) is 3. The molecule has 2 aromatic rings. The van der Waals surface area contributed by atoms with Gasteiger partial charge in [-0.05, 0) is 37.5 Å². The molecular formula is C15H19ClN4O. The number of aryl methyl sites for hydroxylation is 2. The Morgan fingerprint density at radius 1 is 1.38 bits per heavy atom. The van der Waals surface area contributed by atoms with Crippen molar-refractivity contribution in [2.75, 3.05) is 17.2 Å². The molecule has 3 rings (SSSR count). The van der Waals surface area contributed by atoms with Gasteiger partial charge in [-0.15, -0.1) is 12.4 Å². The lowest BCUT2D eigenvalue weighted by Crippen LogP contribution is -2.35. The number of anilines is 2. The van der Waals surface area contributed by atoms with E-state index in [0.29, 0.717) is 5.56 Å². The number of carbonyl (C=O) groups excluding carboxylic acids is 1. The molecule has 0 saturated heterocycles. The minimum absolute atomic E-state index is 0. The molecule has 0 radical (unpaired) electrons. The Morgan fingerprint density at radius 3 is 2.81 bits per heavy atom. The van der Waals surface area contributed by atoms with Crippen LogP contribution < -0.4 is 10.6 Å². The van der Waals surface area contributed by atoms with E-state index in [-0.39, 0.29) is 18.3 Å². The van der Waals surface area contributed by atoms with E-state index in [0.717, 1.165) is 42.0 Å². The molecule has 1 aromatic heterocycles. The van der Waals surface area contributed by atoms with Gasteiger partial charge in [0.1, 0.15) is 0 Å². The second-order valence-electron chi connectivity index (χ2n) is 5.21. The molecule has 21 heavy (non-hydrogen) atoms. The van der Waals surface area contributed by atoms with Crippen LogP contribution in [0.2, 0.25) is 0 Å². The Hall–Kier alpha value is -2.01. The highest BCUT2D eigenvalue weighted by Gasteiger charge is 2.26. The van der Waals surface area contributed by atoms with Crippen molar-refractivity contribution in [1.82, 2.24) is 9.78 Å². The van der Waals surface area contributed by atoms with Gasteiger partial charge in [0.2, 0.25) is 0 Å². The molecule has 1 aromatic carbocycles. The molecule has 112 valence electrons. The van der Waals surface area contributed by atoms with Crippen molar-refractivity contribution in [3.8, 4) is 0 Å². The number of benzene rings is 1. The molecule has 0 spiro atoms. The summed E-state index contributed by atoms with van der Waals surface area (Å²) in [6.45, 7) is 2.58. The van der Waals surface area contributed by atoms with E-state index in [1.54, 1.807) is 10.9 Å². The average molecular weight is 307 g/mol. The Bertz CT molecular complexity index is 680. The first kappa shape index (κ1) is 15.4. The van der Waals surface area contributed by atoms with Crippen LogP contribution in [0.25, 0.3) is 0 Å². The van der Waals surface area contributed by atoms with Gasteiger partial charge >= 0.3 is 0 Å². The van der Waals surface area contributed by atoms with Crippen LogP contribution in [0.4, 0.5) is 11.4 Å². The fraction of sp³-hybridized carbons (Fsp3) is 0.333. The third-order valence-electron chi connectivity index (χ3n) is 3.78. The summed E-state index contributed by atoms with van der Waals surface area (Å²) in [6, 6.07) is 5.76. The molecule has 0 fully saturated rings. The molecule has 0 aliphatic carbocycles. The summed E-state index contributed by atoms with van der Waals surface area (Å²) < 4.78 is 1.67. The van der Waals surface area contributed by atoms with E-state index in [9.17, 15) is 4.79 Å². The molecule has 5 nitrogen and oxygen atoms in total. The van der Waals surface area contributed by atoms with Gasteiger partial charge in [0.25, 0.3) is 5.91 Å². The SMILES string of the molecule is Cc1nn(C)cc1C(=O)N1CCCc2c(N)cccc21.Cl. The second kappa shape index (κ2) is 5.77. The number of amides is 1. The first-order chi connectivity index (χ1) is 9.58. The summed E-state index contributed by atoms with van der Waals surface area (Å²) in [5, 5.41) is 4.24. The van der Waals surface area contributed by atoms with E-state index < -0.39 is 0 Å². The fourth-order valence-corrected chi connectivity index (χ4v) is 2.82. The van der Waals surface area contributed by atoms with Gasteiger partial charge in [-0.3, -0.25) is 9.48 Å². The zero-order valence-corrected chi connectivity index (χ0v) is 13.0. The van der Waals surface area contributed by atoms with Crippen molar-refractivity contribution in [1.29, 1.82) is 0 Å². The first-order valence-corrected chi connectivity index (χ1v) is 6.77. The molecule has 0 atom stereocenters. The monoisotopic (exact) mass is 306 g/mol. The van der Waals surface area contributed by atoms with E-state index in [1.165, 1.54) is 0 Å². The Labute approximate surface area is 130 Å². The number of carbonyl (C=O) groups is 1. The third-order valence-corrected chi connectivity index (χ3v) is 3.78.